The lowest BCUT2D eigenvalue weighted by Crippen LogP contribution is -2.00. The number of aromatic nitrogens is 3. The smallest absolute Gasteiger partial charge is 0.232 e. The number of hydrogen-bond donors (Lipinski definition) is 0. The van der Waals surface area contributed by atoms with Crippen molar-refractivity contribution in [3.05, 3.63) is 27.8 Å². The van der Waals surface area contributed by atoms with Crippen molar-refractivity contribution in [1.29, 1.82) is 0 Å². The van der Waals surface area contributed by atoms with Gasteiger partial charge in [-0.05, 0) is 13.3 Å². The van der Waals surface area contributed by atoms with Crippen LogP contribution in [0.15, 0.2) is 9.90 Å². The number of hydrogen-bond acceptors (Lipinski definition) is 6. The zero-order chi connectivity index (χ0) is 11.7. The molecule has 1 aliphatic heterocycles. The summed E-state index contributed by atoms with van der Waals surface area (Å²) in [7, 11) is 0. The summed E-state index contributed by atoms with van der Waals surface area (Å²) < 4.78 is 10.5. The van der Waals surface area contributed by atoms with Crippen LogP contribution in [0.3, 0.4) is 0 Å². The number of rotatable bonds is 3. The molecular formula is C11H13N3O2S. The van der Waals surface area contributed by atoms with Crippen LogP contribution in [0, 0.1) is 6.92 Å². The maximum atomic E-state index is 5.31. The Hall–Kier alpha value is -1.27. The first-order chi connectivity index (χ1) is 8.31. The van der Waals surface area contributed by atoms with Gasteiger partial charge in [0.25, 0.3) is 0 Å². The van der Waals surface area contributed by atoms with Gasteiger partial charge in [-0.25, -0.2) is 4.98 Å². The third-order valence-electron chi connectivity index (χ3n) is 2.78. The lowest BCUT2D eigenvalue weighted by atomic mass is 10.1. The Morgan fingerprint density at radius 2 is 2.41 bits per heavy atom. The number of thiazole rings is 1. The molecule has 0 amide bonds. The third-order valence-corrected chi connectivity index (χ3v) is 3.60. The van der Waals surface area contributed by atoms with Crippen LogP contribution in [0.2, 0.25) is 0 Å². The highest BCUT2D eigenvalue weighted by Gasteiger charge is 2.23. The topological polar surface area (TPSA) is 61.0 Å². The van der Waals surface area contributed by atoms with Crippen LogP contribution >= 0.6 is 11.3 Å². The molecule has 0 N–H and O–H groups in total. The molecule has 0 aromatic carbocycles. The van der Waals surface area contributed by atoms with Gasteiger partial charge < -0.3 is 9.26 Å². The van der Waals surface area contributed by atoms with Crippen LogP contribution in [-0.4, -0.2) is 28.3 Å². The second kappa shape index (κ2) is 4.54. The second-order valence-electron chi connectivity index (χ2n) is 4.14. The van der Waals surface area contributed by atoms with Crippen molar-refractivity contribution in [2.45, 2.75) is 25.7 Å². The molecule has 3 rings (SSSR count). The summed E-state index contributed by atoms with van der Waals surface area (Å²) in [5.74, 6) is 1.70. The van der Waals surface area contributed by atoms with Crippen molar-refractivity contribution >= 4 is 11.3 Å². The summed E-state index contributed by atoms with van der Waals surface area (Å²) in [6.45, 7) is 3.48. The molecule has 0 radical (unpaired) electrons. The summed E-state index contributed by atoms with van der Waals surface area (Å²) in [5, 5.41) is 7.10. The molecule has 2 aromatic heterocycles. The Morgan fingerprint density at radius 3 is 3.12 bits per heavy atom. The predicted octanol–water partition coefficient (Wildman–Crippen LogP) is 1.93. The number of ether oxygens (including phenoxy) is 1. The highest BCUT2D eigenvalue weighted by atomic mass is 32.1. The number of nitrogens with zero attached hydrogens (tertiary/aromatic N) is 3. The van der Waals surface area contributed by atoms with Gasteiger partial charge in [-0.1, -0.05) is 5.16 Å². The summed E-state index contributed by atoms with van der Waals surface area (Å²) in [4.78, 5) is 8.78. The number of aryl methyl sites for hydroxylation is 1. The molecule has 0 saturated carbocycles. The molecule has 17 heavy (non-hydrogen) atoms. The molecule has 3 heterocycles. The zero-order valence-electron chi connectivity index (χ0n) is 9.55. The minimum atomic E-state index is 0.296. The van der Waals surface area contributed by atoms with E-state index in [2.05, 4.69) is 15.1 Å². The van der Waals surface area contributed by atoms with Crippen LogP contribution < -0.4 is 0 Å². The first-order valence-electron chi connectivity index (χ1n) is 5.62. The van der Waals surface area contributed by atoms with Crippen molar-refractivity contribution in [2.24, 2.45) is 0 Å². The summed E-state index contributed by atoms with van der Waals surface area (Å²) in [6.07, 6.45) is 1.60. The highest BCUT2D eigenvalue weighted by molar-refractivity contribution is 7.09. The largest absolute Gasteiger partial charge is 0.381 e. The molecule has 0 aliphatic carbocycles. The van der Waals surface area contributed by atoms with E-state index < -0.39 is 0 Å². The van der Waals surface area contributed by atoms with Crippen molar-refractivity contribution < 1.29 is 9.26 Å². The molecule has 1 aliphatic rings. The normalized spacial score (nSPS) is 19.9. The minimum absolute atomic E-state index is 0.296. The SMILES string of the molecule is Cc1nc(Cc2nc(C3CCOC3)no2)cs1. The van der Waals surface area contributed by atoms with Gasteiger partial charge >= 0.3 is 0 Å². The Kier molecular flexibility index (Phi) is 2.90. The quantitative estimate of drug-likeness (QED) is 0.834. The average Bonchev–Trinajstić information content (AvgIpc) is 3.00. The summed E-state index contributed by atoms with van der Waals surface area (Å²) in [6, 6.07) is 0. The van der Waals surface area contributed by atoms with Gasteiger partial charge in [0.2, 0.25) is 5.89 Å². The van der Waals surface area contributed by atoms with Gasteiger partial charge in [-0.2, -0.15) is 4.98 Å². The van der Waals surface area contributed by atoms with Crippen molar-refractivity contribution in [3.63, 3.8) is 0 Å². The molecule has 5 nitrogen and oxygen atoms in total. The van der Waals surface area contributed by atoms with Gasteiger partial charge in [0.15, 0.2) is 5.82 Å². The van der Waals surface area contributed by atoms with Crippen LogP contribution in [0.1, 0.15) is 34.8 Å². The maximum absolute atomic E-state index is 5.31. The highest BCUT2D eigenvalue weighted by Crippen LogP contribution is 2.23. The molecule has 90 valence electrons. The van der Waals surface area contributed by atoms with E-state index in [0.29, 0.717) is 24.8 Å². The third kappa shape index (κ3) is 2.37. The molecule has 1 unspecified atom stereocenters. The fraction of sp³-hybridized carbons (Fsp3) is 0.545. The van der Waals surface area contributed by atoms with Gasteiger partial charge in [-0.3, -0.25) is 0 Å². The molecule has 1 atom stereocenters. The van der Waals surface area contributed by atoms with Gasteiger partial charge in [0, 0.05) is 17.9 Å². The van der Waals surface area contributed by atoms with Crippen LogP contribution in [0.25, 0.3) is 0 Å². The van der Waals surface area contributed by atoms with Crippen molar-refractivity contribution in [3.8, 4) is 0 Å². The van der Waals surface area contributed by atoms with Crippen molar-refractivity contribution in [1.82, 2.24) is 15.1 Å². The van der Waals surface area contributed by atoms with Gasteiger partial charge in [0.05, 0.1) is 23.7 Å². The van der Waals surface area contributed by atoms with E-state index in [9.17, 15) is 0 Å². The van der Waals surface area contributed by atoms with E-state index in [-0.39, 0.29) is 0 Å². The lowest BCUT2D eigenvalue weighted by molar-refractivity contribution is 0.192. The molecule has 1 saturated heterocycles. The molecule has 2 aromatic rings. The molecule has 6 heteroatoms. The Morgan fingerprint density at radius 1 is 1.47 bits per heavy atom. The predicted molar refractivity (Wildman–Crippen MR) is 62.1 cm³/mol. The summed E-state index contributed by atoms with van der Waals surface area (Å²) in [5.41, 5.74) is 0.991. The molecule has 0 spiro atoms. The Labute approximate surface area is 103 Å². The van der Waals surface area contributed by atoms with E-state index in [1.807, 2.05) is 12.3 Å². The fourth-order valence-electron chi connectivity index (χ4n) is 1.89. The van der Waals surface area contributed by atoms with E-state index in [0.717, 1.165) is 29.6 Å². The lowest BCUT2D eigenvalue weighted by Gasteiger charge is -1.97. The summed E-state index contributed by atoms with van der Waals surface area (Å²) >= 11 is 1.63. The molecular weight excluding hydrogens is 238 g/mol. The standard InChI is InChI=1S/C11H13N3O2S/c1-7-12-9(6-17-7)4-10-13-11(14-16-10)8-2-3-15-5-8/h6,8H,2-5H2,1H3. The van der Waals surface area contributed by atoms with Crippen LogP contribution in [-0.2, 0) is 11.2 Å². The Bertz CT molecular complexity index is 502. The Balaban J connectivity index is 1.71. The van der Waals surface area contributed by atoms with E-state index in [4.69, 9.17) is 9.26 Å². The van der Waals surface area contributed by atoms with Gasteiger partial charge in [-0.15, -0.1) is 11.3 Å². The first-order valence-corrected chi connectivity index (χ1v) is 6.50. The maximum Gasteiger partial charge on any atom is 0.232 e. The average molecular weight is 251 g/mol. The minimum Gasteiger partial charge on any atom is -0.381 e. The second-order valence-corrected chi connectivity index (χ2v) is 5.20. The van der Waals surface area contributed by atoms with Crippen LogP contribution in [0.5, 0.6) is 0 Å². The fourth-order valence-corrected chi connectivity index (χ4v) is 2.50. The van der Waals surface area contributed by atoms with E-state index in [1.165, 1.54) is 0 Å². The van der Waals surface area contributed by atoms with Crippen LogP contribution in [0.4, 0.5) is 0 Å². The zero-order valence-corrected chi connectivity index (χ0v) is 10.4. The van der Waals surface area contributed by atoms with E-state index >= 15 is 0 Å². The molecule has 1 fully saturated rings. The first kappa shape index (κ1) is 10.9. The molecule has 0 bridgehead atoms. The van der Waals surface area contributed by atoms with Gasteiger partial charge in [0.1, 0.15) is 0 Å². The van der Waals surface area contributed by atoms with E-state index in [1.54, 1.807) is 11.3 Å². The monoisotopic (exact) mass is 251 g/mol. The van der Waals surface area contributed by atoms with Crippen molar-refractivity contribution in [2.75, 3.05) is 13.2 Å².